The summed E-state index contributed by atoms with van der Waals surface area (Å²) in [5, 5.41) is 0. The third-order valence-electron chi connectivity index (χ3n) is 4.95. The minimum absolute atomic E-state index is 1.68. The van der Waals surface area contributed by atoms with E-state index >= 15 is 0 Å². The van der Waals surface area contributed by atoms with Crippen LogP contribution < -0.4 is 0 Å². The van der Waals surface area contributed by atoms with Gasteiger partial charge in [0.2, 0.25) is 18.3 Å². The second kappa shape index (κ2) is 12.8. The Kier molecular flexibility index (Phi) is 12.3. The second-order valence-corrected chi connectivity index (χ2v) is 10.2. The molecule has 4 nitrogen and oxygen atoms in total. The molecule has 50 heavy (non-hydrogen) atoms. The Hall–Kier alpha value is -1.99. The summed E-state index contributed by atoms with van der Waals surface area (Å²) in [6, 6.07) is 0. The Morgan fingerprint density at radius 1 is 0.260 bits per heavy atom. The third kappa shape index (κ3) is 8.78. The number of alkyl halides is 30. The standard InChI is InChI=1S/C15H3F30O4P/c16-4(17,10(28,29)30)1(5(18,19)11(31,32)33)47-50(46,48-2(6(20,21)12(34,35)36)7(22,23)13(37,38)39)49-3(8(24,25)14(40,41)42)9(26,27)15(43,44)45/h1-3H. The first-order valence-corrected chi connectivity index (χ1v) is 11.8. The summed E-state index contributed by atoms with van der Waals surface area (Å²) in [5.74, 6) is -51.2. The molecule has 0 aromatic carbocycles. The van der Waals surface area contributed by atoms with Crippen molar-refractivity contribution >= 4 is 7.82 Å². The molecule has 0 unspecified atom stereocenters. The molecule has 0 aliphatic carbocycles. The zero-order chi connectivity index (χ0) is 41.4. The van der Waals surface area contributed by atoms with E-state index in [0.717, 1.165) is 0 Å². The van der Waals surface area contributed by atoms with Crippen molar-refractivity contribution in [3.8, 4) is 0 Å². The number of hydrogen-bond acceptors (Lipinski definition) is 4. The van der Waals surface area contributed by atoms with E-state index < -0.39 is 98.7 Å². The van der Waals surface area contributed by atoms with Gasteiger partial charge >= 0.3 is 80.4 Å². The van der Waals surface area contributed by atoms with E-state index in [4.69, 9.17) is 0 Å². The molecule has 0 rings (SSSR count). The summed E-state index contributed by atoms with van der Waals surface area (Å²) in [4.78, 5) is 0. The highest BCUT2D eigenvalue weighted by atomic mass is 31.2. The molecule has 0 amide bonds. The lowest BCUT2D eigenvalue weighted by atomic mass is 10.1. The van der Waals surface area contributed by atoms with Crippen molar-refractivity contribution in [2.24, 2.45) is 0 Å². The van der Waals surface area contributed by atoms with Gasteiger partial charge in [0.1, 0.15) is 0 Å². The van der Waals surface area contributed by atoms with Crippen molar-refractivity contribution in [1.82, 2.24) is 0 Å². The maximum Gasteiger partial charge on any atom is 0.476 e. The average Bonchev–Trinajstić information content (AvgIpc) is 2.79. The number of halogens is 30. The van der Waals surface area contributed by atoms with Gasteiger partial charge in [-0.3, -0.25) is 13.6 Å². The Labute approximate surface area is 250 Å². The van der Waals surface area contributed by atoms with Gasteiger partial charge in [0, 0.05) is 0 Å². The summed E-state index contributed by atoms with van der Waals surface area (Å²) >= 11 is 0. The van der Waals surface area contributed by atoms with E-state index in [2.05, 4.69) is 0 Å². The maximum absolute atomic E-state index is 13.7. The fourth-order valence-electron chi connectivity index (χ4n) is 2.43. The predicted octanol–water partition coefficient (Wildman–Crippen LogP) is 10.4. The molecule has 0 radical (unpaired) electrons. The van der Waals surface area contributed by atoms with E-state index in [1.165, 1.54) is 0 Å². The summed E-state index contributed by atoms with van der Waals surface area (Å²) in [6.45, 7) is 0. The van der Waals surface area contributed by atoms with Crippen LogP contribution in [0, 0.1) is 0 Å². The molecule has 0 N–H and O–H groups in total. The van der Waals surface area contributed by atoms with Gasteiger partial charge in [0.15, 0.2) is 0 Å². The largest absolute Gasteiger partial charge is 0.476 e. The molecule has 0 aromatic heterocycles. The molecular formula is C15H3F30O4P. The highest BCUT2D eigenvalue weighted by Gasteiger charge is 2.83. The van der Waals surface area contributed by atoms with Gasteiger partial charge in [-0.1, -0.05) is 0 Å². The summed E-state index contributed by atoms with van der Waals surface area (Å²) in [5.41, 5.74) is 0. The number of phosphoric acid groups is 1. The Morgan fingerprint density at radius 3 is 0.440 bits per heavy atom. The molecule has 0 aliphatic rings. The van der Waals surface area contributed by atoms with E-state index in [9.17, 15) is 136 Å². The lowest BCUT2D eigenvalue weighted by Gasteiger charge is -2.41. The van der Waals surface area contributed by atoms with Crippen molar-refractivity contribution in [2.75, 3.05) is 0 Å². The van der Waals surface area contributed by atoms with Crippen LogP contribution >= 0.6 is 7.82 Å². The average molecular weight is 848 g/mol. The van der Waals surface area contributed by atoms with Gasteiger partial charge in [0.05, 0.1) is 0 Å². The van der Waals surface area contributed by atoms with Gasteiger partial charge in [-0.25, -0.2) is 4.57 Å². The molecule has 0 saturated carbocycles. The van der Waals surface area contributed by atoms with E-state index in [0.29, 0.717) is 0 Å². The predicted molar refractivity (Wildman–Crippen MR) is 88.2 cm³/mol. The van der Waals surface area contributed by atoms with Crippen LogP contribution in [0.3, 0.4) is 0 Å². The fourth-order valence-corrected chi connectivity index (χ4v) is 4.15. The zero-order valence-electron chi connectivity index (χ0n) is 21.2. The smallest absolute Gasteiger partial charge is 0.270 e. The molecule has 0 aromatic rings. The highest BCUT2D eigenvalue weighted by Crippen LogP contribution is 2.66. The molecule has 0 fully saturated rings. The van der Waals surface area contributed by atoms with Crippen LogP contribution in [0.4, 0.5) is 132 Å². The number of hydrogen-bond donors (Lipinski definition) is 0. The molecule has 0 spiro atoms. The normalized spacial score (nSPS) is 16.7. The van der Waals surface area contributed by atoms with Gasteiger partial charge in [-0.2, -0.15) is 132 Å². The lowest BCUT2D eigenvalue weighted by molar-refractivity contribution is -0.396. The van der Waals surface area contributed by atoms with Crippen LogP contribution in [0.25, 0.3) is 0 Å². The second-order valence-electron chi connectivity index (χ2n) is 8.63. The number of rotatable bonds is 12. The maximum atomic E-state index is 13.7. The number of phosphoric ester groups is 1. The first kappa shape index (κ1) is 48.0. The van der Waals surface area contributed by atoms with E-state index in [-0.39, 0.29) is 0 Å². The molecule has 0 saturated heterocycles. The van der Waals surface area contributed by atoms with Crippen LogP contribution in [0.5, 0.6) is 0 Å². The van der Waals surface area contributed by atoms with Crippen LogP contribution in [0.15, 0.2) is 0 Å². The topological polar surface area (TPSA) is 44.8 Å². The van der Waals surface area contributed by atoms with Crippen molar-refractivity contribution in [1.29, 1.82) is 0 Å². The van der Waals surface area contributed by atoms with Crippen molar-refractivity contribution in [3.63, 3.8) is 0 Å². The van der Waals surface area contributed by atoms with Crippen molar-refractivity contribution < 1.29 is 150 Å². The van der Waals surface area contributed by atoms with Crippen LogP contribution in [-0.2, 0) is 18.1 Å². The van der Waals surface area contributed by atoms with Crippen molar-refractivity contribution in [2.45, 2.75) is 90.9 Å². The lowest BCUT2D eigenvalue weighted by Crippen LogP contribution is -2.64. The van der Waals surface area contributed by atoms with Crippen LogP contribution in [-0.4, -0.2) is 90.9 Å². The van der Waals surface area contributed by atoms with Gasteiger partial charge in [-0.15, -0.1) is 0 Å². The molecule has 35 heteroatoms. The monoisotopic (exact) mass is 848 g/mol. The zero-order valence-corrected chi connectivity index (χ0v) is 22.0. The van der Waals surface area contributed by atoms with Crippen LogP contribution in [0.2, 0.25) is 0 Å². The Balaban J connectivity index is 8.63. The van der Waals surface area contributed by atoms with Crippen molar-refractivity contribution in [3.05, 3.63) is 0 Å². The SMILES string of the molecule is O=P(OC(C(F)(F)C(F)(F)F)C(F)(F)C(F)(F)F)(OC(C(F)(F)C(F)(F)F)C(F)(F)C(F)(F)F)OC(C(F)(F)C(F)(F)F)C(F)(F)C(F)(F)F. The summed E-state index contributed by atoms with van der Waals surface area (Å²) in [7, 11) is -10.3. The molecule has 0 aliphatic heterocycles. The third-order valence-corrected chi connectivity index (χ3v) is 6.35. The minimum atomic E-state index is -10.3. The highest BCUT2D eigenvalue weighted by molar-refractivity contribution is 7.48. The van der Waals surface area contributed by atoms with Gasteiger partial charge in [-0.05, 0) is 0 Å². The van der Waals surface area contributed by atoms with Gasteiger partial charge in [0.25, 0.3) is 0 Å². The first-order valence-electron chi connectivity index (χ1n) is 10.3. The Morgan fingerprint density at radius 2 is 0.360 bits per heavy atom. The molecule has 0 atom stereocenters. The van der Waals surface area contributed by atoms with Crippen LogP contribution in [0.1, 0.15) is 0 Å². The minimum Gasteiger partial charge on any atom is -0.270 e. The van der Waals surface area contributed by atoms with E-state index in [1.54, 1.807) is 13.6 Å². The summed E-state index contributed by atoms with van der Waals surface area (Å²) in [6.07, 6.45) is -72.4. The quantitative estimate of drug-likeness (QED) is 0.145. The Bertz CT molecular complexity index is 988. The molecule has 0 heterocycles. The summed E-state index contributed by atoms with van der Waals surface area (Å²) < 4.78 is 411. The molecule has 0 bridgehead atoms. The molecular weight excluding hydrogens is 845 g/mol. The fraction of sp³-hybridized carbons (Fsp3) is 1.00. The molecule has 302 valence electrons. The van der Waals surface area contributed by atoms with E-state index in [1.807, 2.05) is 0 Å². The van der Waals surface area contributed by atoms with Gasteiger partial charge < -0.3 is 0 Å². The first-order chi connectivity index (χ1) is 21.0.